The molecule has 1 fully saturated rings. The topological polar surface area (TPSA) is 70.5 Å². The number of carbonyl (C=O) groups excluding carboxylic acids is 2. The molecule has 8 heteroatoms. The summed E-state index contributed by atoms with van der Waals surface area (Å²) in [5.74, 6) is 0.204. The Labute approximate surface area is 197 Å². The van der Waals surface area contributed by atoms with Gasteiger partial charge in [0.15, 0.2) is 0 Å². The summed E-state index contributed by atoms with van der Waals surface area (Å²) < 4.78 is 1.77. The number of nitrogens with zero attached hydrogens (tertiary/aromatic N) is 4. The minimum atomic E-state index is -0.175. The molecule has 3 amide bonds. The number of nitrogens with one attached hydrogen (secondary N) is 1. The maximum Gasteiger partial charge on any atom is 0.321 e. The second-order valence-electron chi connectivity index (χ2n) is 8.99. The Morgan fingerprint density at radius 3 is 2.39 bits per heavy atom. The highest BCUT2D eigenvalue weighted by atomic mass is 35.5. The van der Waals surface area contributed by atoms with Crippen molar-refractivity contribution in [3.63, 3.8) is 0 Å². The van der Waals surface area contributed by atoms with Gasteiger partial charge in [0.05, 0.1) is 23.5 Å². The number of rotatable bonds is 4. The van der Waals surface area contributed by atoms with Crippen LogP contribution in [0.2, 0.25) is 5.02 Å². The summed E-state index contributed by atoms with van der Waals surface area (Å²) in [6.45, 7) is 7.22. The maximum atomic E-state index is 13.7. The van der Waals surface area contributed by atoms with Crippen LogP contribution in [0.4, 0.5) is 10.5 Å². The number of anilines is 1. The van der Waals surface area contributed by atoms with Gasteiger partial charge in [-0.25, -0.2) is 9.48 Å². The van der Waals surface area contributed by atoms with Crippen LogP contribution in [-0.2, 0) is 0 Å². The van der Waals surface area contributed by atoms with Crippen LogP contribution in [-0.4, -0.2) is 50.6 Å². The smallest absolute Gasteiger partial charge is 0.321 e. The largest absolute Gasteiger partial charge is 0.323 e. The molecule has 0 radical (unpaired) electrons. The van der Waals surface area contributed by atoms with Gasteiger partial charge in [-0.1, -0.05) is 43.6 Å². The molecular weight excluding hydrogens is 438 g/mol. The van der Waals surface area contributed by atoms with E-state index < -0.39 is 0 Å². The van der Waals surface area contributed by atoms with Crippen molar-refractivity contribution < 1.29 is 9.59 Å². The molecule has 170 valence electrons. The van der Waals surface area contributed by atoms with Crippen LogP contribution in [0, 0.1) is 12.8 Å². The highest BCUT2D eigenvalue weighted by Crippen LogP contribution is 2.43. The number of fused-ring (bicyclic) bond motifs is 1. The fourth-order valence-corrected chi connectivity index (χ4v) is 4.95. The lowest BCUT2D eigenvalue weighted by Crippen LogP contribution is -2.63. The molecule has 1 aromatic heterocycles. The molecule has 0 spiro atoms. The van der Waals surface area contributed by atoms with E-state index in [2.05, 4.69) is 19.2 Å². The molecule has 33 heavy (non-hydrogen) atoms. The third-order valence-electron chi connectivity index (χ3n) is 6.41. The van der Waals surface area contributed by atoms with E-state index in [1.165, 1.54) is 0 Å². The molecular formula is C25H26ClN5O2. The van der Waals surface area contributed by atoms with Crippen LogP contribution in [0.3, 0.4) is 0 Å². The standard InChI is InChI=1S/C25H26ClN5O2/c1-15(2)22-21-16(3)28-31(19-7-5-4-6-8-19)23(21)24(32)30(22)20-13-29(14-20)25(33)27-18-11-9-17(26)10-12-18/h4-12,15,20,22H,13-14H2,1-3H3,(H,27,33). The zero-order chi connectivity index (χ0) is 23.3. The number of hydrogen-bond donors (Lipinski definition) is 1. The Hall–Kier alpha value is -3.32. The lowest BCUT2D eigenvalue weighted by molar-refractivity contribution is 0.0220. The number of aromatic nitrogens is 2. The van der Waals surface area contributed by atoms with Crippen molar-refractivity contribution in [2.24, 2.45) is 5.92 Å². The van der Waals surface area contributed by atoms with Crippen molar-refractivity contribution in [2.45, 2.75) is 32.9 Å². The van der Waals surface area contributed by atoms with E-state index in [-0.39, 0.29) is 29.9 Å². The van der Waals surface area contributed by atoms with Crippen molar-refractivity contribution in [1.82, 2.24) is 19.6 Å². The molecule has 2 aliphatic rings. The second-order valence-corrected chi connectivity index (χ2v) is 9.43. The lowest BCUT2D eigenvalue weighted by atomic mass is 9.94. The van der Waals surface area contributed by atoms with Gasteiger partial charge >= 0.3 is 6.03 Å². The number of halogens is 1. The van der Waals surface area contributed by atoms with Gasteiger partial charge in [0.2, 0.25) is 0 Å². The third kappa shape index (κ3) is 3.66. The Balaban J connectivity index is 1.36. The number of likely N-dealkylation sites (tertiary alicyclic amines) is 1. The summed E-state index contributed by atoms with van der Waals surface area (Å²) in [6, 6.07) is 16.5. The zero-order valence-corrected chi connectivity index (χ0v) is 19.6. The summed E-state index contributed by atoms with van der Waals surface area (Å²) >= 11 is 5.92. The Morgan fingerprint density at radius 1 is 1.09 bits per heavy atom. The summed E-state index contributed by atoms with van der Waals surface area (Å²) in [5, 5.41) is 8.21. The number of para-hydroxylation sites is 1. The van der Waals surface area contributed by atoms with Crippen molar-refractivity contribution in [3.8, 4) is 5.69 Å². The van der Waals surface area contributed by atoms with Crippen LogP contribution < -0.4 is 5.32 Å². The van der Waals surface area contributed by atoms with Crippen LogP contribution >= 0.6 is 11.6 Å². The first-order chi connectivity index (χ1) is 15.8. The fourth-order valence-electron chi connectivity index (χ4n) is 4.82. The van der Waals surface area contributed by atoms with Gasteiger partial charge in [-0.3, -0.25) is 4.79 Å². The van der Waals surface area contributed by atoms with Gasteiger partial charge in [0.25, 0.3) is 5.91 Å². The van der Waals surface area contributed by atoms with Crippen LogP contribution in [0.25, 0.3) is 5.69 Å². The van der Waals surface area contributed by atoms with Crippen molar-refractivity contribution in [3.05, 3.63) is 76.6 Å². The van der Waals surface area contributed by atoms with Gasteiger partial charge in [-0.2, -0.15) is 5.10 Å². The van der Waals surface area contributed by atoms with E-state index in [0.717, 1.165) is 16.9 Å². The predicted octanol–water partition coefficient (Wildman–Crippen LogP) is 4.90. The molecule has 1 N–H and O–H groups in total. The van der Waals surface area contributed by atoms with Gasteiger partial charge < -0.3 is 15.1 Å². The summed E-state index contributed by atoms with van der Waals surface area (Å²) in [4.78, 5) is 30.0. The molecule has 1 unspecified atom stereocenters. The first-order valence-electron chi connectivity index (χ1n) is 11.1. The number of aryl methyl sites for hydroxylation is 1. The monoisotopic (exact) mass is 463 g/mol. The Kier molecular flexibility index (Phi) is 5.37. The highest BCUT2D eigenvalue weighted by Gasteiger charge is 2.49. The van der Waals surface area contributed by atoms with Gasteiger partial charge in [-0.05, 0) is 49.2 Å². The summed E-state index contributed by atoms with van der Waals surface area (Å²) in [5.41, 5.74) is 4.08. The predicted molar refractivity (Wildman–Crippen MR) is 128 cm³/mol. The molecule has 0 aliphatic carbocycles. The molecule has 1 atom stereocenters. The highest BCUT2D eigenvalue weighted by molar-refractivity contribution is 6.30. The first kappa shape index (κ1) is 21.5. The minimum Gasteiger partial charge on any atom is -0.323 e. The molecule has 7 nitrogen and oxygen atoms in total. The zero-order valence-electron chi connectivity index (χ0n) is 18.8. The molecule has 5 rings (SSSR count). The number of benzene rings is 2. The molecule has 0 saturated carbocycles. The average molecular weight is 464 g/mol. The van der Waals surface area contributed by atoms with E-state index in [0.29, 0.717) is 29.5 Å². The maximum absolute atomic E-state index is 13.7. The first-order valence-corrected chi connectivity index (χ1v) is 11.5. The Morgan fingerprint density at radius 2 is 1.76 bits per heavy atom. The SMILES string of the molecule is Cc1nn(-c2ccccc2)c2c1C(C(C)C)N(C1CN(C(=O)Nc3ccc(Cl)cc3)C1)C2=O. The number of urea groups is 1. The van der Waals surface area contributed by atoms with Gasteiger partial charge in [0.1, 0.15) is 5.69 Å². The molecule has 3 heterocycles. The molecule has 3 aromatic rings. The van der Waals surface area contributed by atoms with E-state index in [1.54, 1.807) is 33.8 Å². The van der Waals surface area contributed by atoms with Crippen LogP contribution in [0.15, 0.2) is 54.6 Å². The van der Waals surface area contributed by atoms with Crippen molar-refractivity contribution in [1.29, 1.82) is 0 Å². The van der Waals surface area contributed by atoms with Gasteiger partial charge in [-0.15, -0.1) is 0 Å². The number of amides is 3. The molecule has 0 bridgehead atoms. The van der Waals surface area contributed by atoms with E-state index in [4.69, 9.17) is 16.7 Å². The van der Waals surface area contributed by atoms with Gasteiger partial charge in [0, 0.05) is 29.4 Å². The van der Waals surface area contributed by atoms with E-state index in [1.807, 2.05) is 42.2 Å². The second kappa shape index (κ2) is 8.23. The summed E-state index contributed by atoms with van der Waals surface area (Å²) in [6.07, 6.45) is 0. The average Bonchev–Trinajstić information content (AvgIpc) is 3.25. The fraction of sp³-hybridized carbons (Fsp3) is 0.320. The molecule has 2 aliphatic heterocycles. The molecule has 1 saturated heterocycles. The number of hydrogen-bond acceptors (Lipinski definition) is 3. The van der Waals surface area contributed by atoms with Crippen molar-refractivity contribution in [2.75, 3.05) is 18.4 Å². The van der Waals surface area contributed by atoms with Crippen molar-refractivity contribution >= 4 is 29.2 Å². The lowest BCUT2D eigenvalue weighted by Gasteiger charge is -2.46. The quantitative estimate of drug-likeness (QED) is 0.598. The van der Waals surface area contributed by atoms with E-state index in [9.17, 15) is 9.59 Å². The minimum absolute atomic E-state index is 0.0177. The third-order valence-corrected chi connectivity index (χ3v) is 6.66. The molecule has 2 aromatic carbocycles. The normalized spacial score (nSPS) is 18.0. The van der Waals surface area contributed by atoms with Crippen LogP contribution in [0.5, 0.6) is 0 Å². The van der Waals surface area contributed by atoms with Crippen LogP contribution in [0.1, 0.15) is 41.6 Å². The summed E-state index contributed by atoms with van der Waals surface area (Å²) in [7, 11) is 0. The number of carbonyl (C=O) groups is 2. The van der Waals surface area contributed by atoms with E-state index >= 15 is 0 Å². The Bertz CT molecular complexity index is 1200.